The molecule has 0 unspecified atom stereocenters. The van der Waals surface area contributed by atoms with Crippen molar-refractivity contribution >= 4 is 11.8 Å². The normalized spacial score (nSPS) is 11.0. The van der Waals surface area contributed by atoms with E-state index >= 15 is 0 Å². The van der Waals surface area contributed by atoms with Gasteiger partial charge in [-0.2, -0.15) is 0 Å². The van der Waals surface area contributed by atoms with E-state index in [1.807, 2.05) is 30.3 Å². The van der Waals surface area contributed by atoms with Gasteiger partial charge >= 0.3 is 0 Å². The van der Waals surface area contributed by atoms with Gasteiger partial charge in [0, 0.05) is 23.7 Å². The zero-order chi connectivity index (χ0) is 20.9. The molecule has 0 aliphatic carbocycles. The van der Waals surface area contributed by atoms with Crippen LogP contribution >= 0.6 is 11.8 Å². The number of thioether (sulfide) groups is 1. The molecule has 6 nitrogen and oxygen atoms in total. The van der Waals surface area contributed by atoms with Crippen molar-refractivity contribution in [2.75, 3.05) is 7.11 Å². The maximum Gasteiger partial charge on any atom is 0.191 e. The number of aryl methyl sites for hydroxylation is 1. The molecule has 0 atom stereocenters. The first-order valence-electron chi connectivity index (χ1n) is 9.91. The van der Waals surface area contributed by atoms with Gasteiger partial charge in [-0.05, 0) is 43.7 Å². The summed E-state index contributed by atoms with van der Waals surface area (Å²) >= 11 is 1.61. The lowest BCUT2D eigenvalue weighted by Gasteiger charge is -2.08. The van der Waals surface area contributed by atoms with Crippen LogP contribution in [0, 0.1) is 6.92 Å². The maximum absolute atomic E-state index is 5.54. The Labute approximate surface area is 180 Å². The van der Waals surface area contributed by atoms with Gasteiger partial charge in [-0.3, -0.25) is 0 Å². The molecule has 7 heteroatoms. The van der Waals surface area contributed by atoms with Gasteiger partial charge in [0.1, 0.15) is 17.2 Å². The summed E-state index contributed by atoms with van der Waals surface area (Å²) in [4.78, 5) is 0. The third-order valence-electron chi connectivity index (χ3n) is 4.73. The van der Waals surface area contributed by atoms with Crippen molar-refractivity contribution in [3.8, 4) is 28.4 Å². The Kier molecular flexibility index (Phi) is 6.18. The second-order valence-corrected chi connectivity index (χ2v) is 7.97. The van der Waals surface area contributed by atoms with Gasteiger partial charge in [0.2, 0.25) is 0 Å². The number of nitrogens with zero attached hydrogens (tertiary/aromatic N) is 4. The Morgan fingerprint density at radius 3 is 2.60 bits per heavy atom. The monoisotopic (exact) mass is 420 g/mol. The minimum Gasteiger partial charge on any atom is -0.497 e. The highest BCUT2D eigenvalue weighted by Gasteiger charge is 2.15. The fourth-order valence-electron chi connectivity index (χ4n) is 3.23. The summed E-state index contributed by atoms with van der Waals surface area (Å²) in [6.45, 7) is 5.11. The van der Waals surface area contributed by atoms with E-state index in [1.54, 1.807) is 18.9 Å². The molecule has 0 fully saturated rings. The molecular weight excluding hydrogens is 396 g/mol. The number of benzene rings is 2. The van der Waals surface area contributed by atoms with Gasteiger partial charge in [-0.25, -0.2) is 0 Å². The van der Waals surface area contributed by atoms with Gasteiger partial charge in [-0.15, -0.1) is 10.2 Å². The summed E-state index contributed by atoms with van der Waals surface area (Å²) in [5.74, 6) is 3.16. The smallest absolute Gasteiger partial charge is 0.191 e. The predicted molar refractivity (Wildman–Crippen MR) is 119 cm³/mol. The topological polar surface area (TPSA) is 66.0 Å². The third kappa shape index (κ3) is 4.41. The molecule has 30 heavy (non-hydrogen) atoms. The van der Waals surface area contributed by atoms with Crippen LogP contribution in [0.1, 0.15) is 24.7 Å². The van der Waals surface area contributed by atoms with Crippen LogP contribution in [-0.2, 0) is 12.3 Å². The Morgan fingerprint density at radius 1 is 1.03 bits per heavy atom. The van der Waals surface area contributed by atoms with Crippen molar-refractivity contribution in [3.63, 3.8) is 0 Å². The number of aromatic nitrogens is 4. The van der Waals surface area contributed by atoms with Crippen LogP contribution in [0.2, 0.25) is 0 Å². The van der Waals surface area contributed by atoms with E-state index in [2.05, 4.69) is 58.0 Å². The van der Waals surface area contributed by atoms with Crippen LogP contribution in [-0.4, -0.2) is 27.0 Å². The maximum atomic E-state index is 5.54. The average Bonchev–Trinajstić information content (AvgIpc) is 3.40. The first-order chi connectivity index (χ1) is 14.7. The van der Waals surface area contributed by atoms with Crippen LogP contribution < -0.4 is 4.74 Å². The quantitative estimate of drug-likeness (QED) is 0.345. The van der Waals surface area contributed by atoms with Gasteiger partial charge in [0.05, 0.1) is 12.9 Å². The molecule has 0 spiro atoms. The van der Waals surface area contributed by atoms with Gasteiger partial charge < -0.3 is 13.8 Å². The summed E-state index contributed by atoms with van der Waals surface area (Å²) in [5, 5.41) is 14.0. The van der Waals surface area contributed by atoms with Crippen molar-refractivity contribution in [2.24, 2.45) is 0 Å². The summed E-state index contributed by atoms with van der Waals surface area (Å²) in [6, 6.07) is 18.1. The number of hydrogen-bond donors (Lipinski definition) is 0. The molecule has 0 bridgehead atoms. The summed E-state index contributed by atoms with van der Waals surface area (Å²) < 4.78 is 12.9. The molecule has 2 heterocycles. The Bertz CT molecular complexity index is 1120. The molecule has 0 radical (unpaired) electrons. The van der Waals surface area contributed by atoms with E-state index < -0.39 is 0 Å². The SMILES string of the molecule is CCCn1c(SCc2cc(-c3ccc(OC)cc3)no2)nnc1-c1cccc(C)c1. The van der Waals surface area contributed by atoms with E-state index in [1.165, 1.54) is 5.56 Å². The van der Waals surface area contributed by atoms with Crippen LogP contribution in [0.5, 0.6) is 5.75 Å². The van der Waals surface area contributed by atoms with Crippen molar-refractivity contribution in [1.82, 2.24) is 19.9 Å². The second kappa shape index (κ2) is 9.17. The van der Waals surface area contributed by atoms with Gasteiger partial charge in [0.15, 0.2) is 11.0 Å². The molecule has 2 aromatic heterocycles. The first kappa shape index (κ1) is 20.2. The Hall–Kier alpha value is -3.06. The highest BCUT2D eigenvalue weighted by atomic mass is 32.2. The van der Waals surface area contributed by atoms with E-state index in [9.17, 15) is 0 Å². The zero-order valence-corrected chi connectivity index (χ0v) is 18.1. The lowest BCUT2D eigenvalue weighted by atomic mass is 10.1. The molecule has 0 amide bonds. The zero-order valence-electron chi connectivity index (χ0n) is 17.3. The Balaban J connectivity index is 1.50. The molecular formula is C23H24N4O2S. The van der Waals surface area contributed by atoms with Crippen molar-refractivity contribution in [2.45, 2.75) is 37.7 Å². The highest BCUT2D eigenvalue weighted by molar-refractivity contribution is 7.98. The molecule has 4 rings (SSSR count). The van der Waals surface area contributed by atoms with E-state index in [4.69, 9.17) is 9.26 Å². The molecule has 0 aliphatic heterocycles. The minimum atomic E-state index is 0.638. The predicted octanol–water partition coefficient (Wildman–Crippen LogP) is 5.62. The largest absolute Gasteiger partial charge is 0.497 e. The highest BCUT2D eigenvalue weighted by Crippen LogP contribution is 2.29. The molecule has 2 aromatic carbocycles. The average molecular weight is 421 g/mol. The van der Waals surface area contributed by atoms with E-state index in [-0.39, 0.29) is 0 Å². The number of ether oxygens (including phenoxy) is 1. The lowest BCUT2D eigenvalue weighted by molar-refractivity contribution is 0.397. The summed E-state index contributed by atoms with van der Waals surface area (Å²) in [7, 11) is 1.65. The molecule has 0 saturated carbocycles. The van der Waals surface area contributed by atoms with E-state index in [0.717, 1.165) is 52.3 Å². The second-order valence-electron chi connectivity index (χ2n) is 7.02. The van der Waals surface area contributed by atoms with Crippen LogP contribution in [0.3, 0.4) is 0 Å². The van der Waals surface area contributed by atoms with Crippen molar-refractivity contribution in [1.29, 1.82) is 0 Å². The van der Waals surface area contributed by atoms with Crippen molar-refractivity contribution < 1.29 is 9.26 Å². The molecule has 0 N–H and O–H groups in total. The number of hydrogen-bond acceptors (Lipinski definition) is 6. The van der Waals surface area contributed by atoms with Gasteiger partial charge in [-0.1, -0.05) is 47.6 Å². The van der Waals surface area contributed by atoms with Crippen LogP contribution in [0.4, 0.5) is 0 Å². The molecule has 0 saturated heterocycles. The molecule has 4 aromatic rings. The molecule has 0 aliphatic rings. The van der Waals surface area contributed by atoms with Gasteiger partial charge in [0.25, 0.3) is 0 Å². The third-order valence-corrected chi connectivity index (χ3v) is 5.72. The summed E-state index contributed by atoms with van der Waals surface area (Å²) in [6.07, 6.45) is 1.01. The molecule has 154 valence electrons. The van der Waals surface area contributed by atoms with Crippen molar-refractivity contribution in [3.05, 3.63) is 65.9 Å². The standard InChI is InChI=1S/C23H24N4O2S/c1-4-12-27-22(18-7-5-6-16(2)13-18)24-25-23(27)30-15-20-14-21(26-29-20)17-8-10-19(28-3)11-9-17/h5-11,13-14H,4,12,15H2,1-3H3. The number of rotatable bonds is 8. The first-order valence-corrected chi connectivity index (χ1v) is 10.9. The van der Waals surface area contributed by atoms with Crippen LogP contribution in [0.25, 0.3) is 22.6 Å². The minimum absolute atomic E-state index is 0.638. The summed E-state index contributed by atoms with van der Waals surface area (Å²) in [5.41, 5.74) is 4.10. The fourth-order valence-corrected chi connectivity index (χ4v) is 4.07. The van der Waals surface area contributed by atoms with E-state index in [0.29, 0.717) is 5.75 Å². The number of methoxy groups -OCH3 is 1. The lowest BCUT2D eigenvalue weighted by Crippen LogP contribution is -2.02. The fraction of sp³-hybridized carbons (Fsp3) is 0.261. The van der Waals surface area contributed by atoms with Crippen LogP contribution in [0.15, 0.2) is 64.3 Å². The Morgan fingerprint density at radius 2 is 1.87 bits per heavy atom.